The highest BCUT2D eigenvalue weighted by Crippen LogP contribution is 2.36. The molecule has 0 amide bonds. The van der Waals surface area contributed by atoms with Gasteiger partial charge in [0.25, 0.3) is 0 Å². The number of esters is 1. The van der Waals surface area contributed by atoms with Crippen LogP contribution in [0.2, 0.25) is 0 Å². The molecule has 3 heterocycles. The first-order chi connectivity index (χ1) is 10.8. The fraction of sp³-hybridized carbons (Fsp3) is 0.400. The summed E-state index contributed by atoms with van der Waals surface area (Å²) < 4.78 is 6.69. The normalized spacial score (nSPS) is 20.2. The maximum absolute atomic E-state index is 12.4. The molecular formula is C15H17N5O2. The molecule has 7 heteroatoms. The van der Waals surface area contributed by atoms with E-state index in [1.54, 1.807) is 17.1 Å². The SMILES string of the molecule is CCCC1=Nc2ncnn2[C@@H](c2ccncc2)C1C(=O)OC. The molecule has 114 valence electrons. The first-order valence-electron chi connectivity index (χ1n) is 7.21. The molecule has 1 aliphatic rings. The van der Waals surface area contributed by atoms with Crippen molar-refractivity contribution >= 4 is 17.6 Å². The smallest absolute Gasteiger partial charge is 0.316 e. The number of hydrogen-bond donors (Lipinski definition) is 0. The van der Waals surface area contributed by atoms with Crippen LogP contribution in [0.4, 0.5) is 5.95 Å². The topological polar surface area (TPSA) is 82.3 Å². The van der Waals surface area contributed by atoms with Crippen molar-refractivity contribution in [2.24, 2.45) is 10.9 Å². The summed E-state index contributed by atoms with van der Waals surface area (Å²) >= 11 is 0. The van der Waals surface area contributed by atoms with Crippen LogP contribution in [0.3, 0.4) is 0 Å². The summed E-state index contributed by atoms with van der Waals surface area (Å²) in [7, 11) is 1.40. The van der Waals surface area contributed by atoms with Crippen LogP contribution in [0.1, 0.15) is 31.4 Å². The van der Waals surface area contributed by atoms with E-state index in [4.69, 9.17) is 4.74 Å². The maximum Gasteiger partial charge on any atom is 0.316 e. The monoisotopic (exact) mass is 299 g/mol. The Morgan fingerprint density at radius 1 is 1.36 bits per heavy atom. The number of carbonyl (C=O) groups is 1. The van der Waals surface area contributed by atoms with Crippen molar-refractivity contribution in [3.63, 3.8) is 0 Å². The number of ether oxygens (including phenoxy) is 1. The van der Waals surface area contributed by atoms with Gasteiger partial charge in [-0.1, -0.05) is 13.3 Å². The lowest BCUT2D eigenvalue weighted by Crippen LogP contribution is -2.37. The third kappa shape index (κ3) is 2.38. The zero-order chi connectivity index (χ0) is 15.5. The van der Waals surface area contributed by atoms with E-state index >= 15 is 0 Å². The predicted octanol–water partition coefficient (Wildman–Crippen LogP) is 1.94. The Morgan fingerprint density at radius 3 is 2.82 bits per heavy atom. The summed E-state index contributed by atoms with van der Waals surface area (Å²) in [5.41, 5.74) is 1.72. The van der Waals surface area contributed by atoms with E-state index < -0.39 is 5.92 Å². The highest BCUT2D eigenvalue weighted by atomic mass is 16.5. The van der Waals surface area contributed by atoms with Gasteiger partial charge in [-0.05, 0) is 24.1 Å². The van der Waals surface area contributed by atoms with Crippen LogP contribution in [-0.2, 0) is 9.53 Å². The highest BCUT2D eigenvalue weighted by Gasteiger charge is 2.40. The number of fused-ring (bicyclic) bond motifs is 1. The number of pyridine rings is 1. The zero-order valence-corrected chi connectivity index (χ0v) is 12.5. The molecule has 2 atom stereocenters. The van der Waals surface area contributed by atoms with Gasteiger partial charge in [-0.25, -0.2) is 9.67 Å². The fourth-order valence-corrected chi connectivity index (χ4v) is 2.80. The van der Waals surface area contributed by atoms with Crippen molar-refractivity contribution in [2.45, 2.75) is 25.8 Å². The summed E-state index contributed by atoms with van der Waals surface area (Å²) in [6.45, 7) is 2.05. The molecule has 1 aliphatic heterocycles. The average Bonchev–Trinajstić information content (AvgIpc) is 3.02. The van der Waals surface area contributed by atoms with Gasteiger partial charge in [-0.3, -0.25) is 9.78 Å². The van der Waals surface area contributed by atoms with Gasteiger partial charge in [-0.15, -0.1) is 0 Å². The van der Waals surface area contributed by atoms with Crippen LogP contribution in [0.25, 0.3) is 0 Å². The molecule has 3 rings (SSSR count). The Balaban J connectivity index is 2.15. The summed E-state index contributed by atoms with van der Waals surface area (Å²) in [5, 5.41) is 4.25. The van der Waals surface area contributed by atoms with E-state index in [1.165, 1.54) is 13.4 Å². The van der Waals surface area contributed by atoms with Crippen LogP contribution in [0.5, 0.6) is 0 Å². The average molecular weight is 299 g/mol. The second-order valence-corrected chi connectivity index (χ2v) is 5.08. The predicted molar refractivity (Wildman–Crippen MR) is 79.9 cm³/mol. The van der Waals surface area contributed by atoms with E-state index in [2.05, 4.69) is 27.0 Å². The molecule has 0 fully saturated rings. The first kappa shape index (κ1) is 14.4. The minimum atomic E-state index is -0.499. The number of rotatable bonds is 4. The Kier molecular flexibility index (Phi) is 3.95. The second-order valence-electron chi connectivity index (χ2n) is 5.08. The Morgan fingerprint density at radius 2 is 2.14 bits per heavy atom. The molecule has 1 unspecified atom stereocenters. The van der Waals surface area contributed by atoms with E-state index in [1.807, 2.05) is 12.1 Å². The molecule has 7 nitrogen and oxygen atoms in total. The van der Waals surface area contributed by atoms with Crippen LogP contribution >= 0.6 is 0 Å². The van der Waals surface area contributed by atoms with Crippen LogP contribution in [-0.4, -0.2) is 38.5 Å². The summed E-state index contributed by atoms with van der Waals surface area (Å²) in [6.07, 6.45) is 6.46. The number of hydrogen-bond acceptors (Lipinski definition) is 6. The van der Waals surface area contributed by atoms with Crippen molar-refractivity contribution in [1.29, 1.82) is 0 Å². The van der Waals surface area contributed by atoms with Crippen molar-refractivity contribution in [3.8, 4) is 0 Å². The fourth-order valence-electron chi connectivity index (χ4n) is 2.80. The summed E-state index contributed by atoms with van der Waals surface area (Å²) in [6, 6.07) is 3.44. The third-order valence-corrected chi connectivity index (χ3v) is 3.74. The van der Waals surface area contributed by atoms with Gasteiger partial charge in [0.2, 0.25) is 5.95 Å². The van der Waals surface area contributed by atoms with Gasteiger partial charge in [0.1, 0.15) is 12.2 Å². The minimum absolute atomic E-state index is 0.310. The molecule has 0 saturated heterocycles. The molecule has 2 aromatic rings. The van der Waals surface area contributed by atoms with Crippen molar-refractivity contribution in [2.75, 3.05) is 7.11 Å². The van der Waals surface area contributed by atoms with Gasteiger partial charge < -0.3 is 4.74 Å². The number of aliphatic imine (C=N–C) groups is 1. The molecule has 0 N–H and O–H groups in total. The zero-order valence-electron chi connectivity index (χ0n) is 12.5. The van der Waals surface area contributed by atoms with Crippen molar-refractivity contribution < 1.29 is 9.53 Å². The van der Waals surface area contributed by atoms with Gasteiger partial charge >= 0.3 is 5.97 Å². The first-order valence-corrected chi connectivity index (χ1v) is 7.21. The van der Waals surface area contributed by atoms with Crippen molar-refractivity contribution in [3.05, 3.63) is 36.4 Å². The molecule has 2 aromatic heterocycles. The summed E-state index contributed by atoms with van der Waals surface area (Å²) in [5.74, 6) is -0.290. The Labute approximate surface area is 128 Å². The van der Waals surface area contributed by atoms with E-state index in [9.17, 15) is 4.79 Å². The number of nitrogens with zero attached hydrogens (tertiary/aromatic N) is 5. The molecule has 0 bridgehead atoms. The molecule has 0 saturated carbocycles. The molecular weight excluding hydrogens is 282 g/mol. The summed E-state index contributed by atoms with van der Waals surface area (Å²) in [4.78, 5) is 25.1. The molecule has 22 heavy (non-hydrogen) atoms. The number of aromatic nitrogens is 4. The quantitative estimate of drug-likeness (QED) is 0.806. The van der Waals surface area contributed by atoms with Gasteiger partial charge in [0.15, 0.2) is 0 Å². The Hall–Kier alpha value is -2.57. The molecule has 0 aliphatic carbocycles. The Bertz CT molecular complexity index is 695. The lowest BCUT2D eigenvalue weighted by molar-refractivity contribution is -0.144. The standard InChI is InChI=1S/C15H17N5O2/c1-3-4-11-12(14(21)22-2)13(10-5-7-16-8-6-10)20-15(19-11)17-9-18-20/h5-9,12-13H,3-4H2,1-2H3/t12?,13-/m0/s1. The van der Waals surface area contributed by atoms with Crippen LogP contribution in [0, 0.1) is 5.92 Å². The van der Waals surface area contributed by atoms with E-state index in [0.29, 0.717) is 12.4 Å². The molecule has 0 radical (unpaired) electrons. The highest BCUT2D eigenvalue weighted by molar-refractivity contribution is 6.04. The third-order valence-electron chi connectivity index (χ3n) is 3.74. The largest absolute Gasteiger partial charge is 0.468 e. The molecule has 0 aromatic carbocycles. The van der Waals surface area contributed by atoms with Crippen molar-refractivity contribution in [1.82, 2.24) is 19.7 Å². The maximum atomic E-state index is 12.4. The number of carbonyl (C=O) groups excluding carboxylic acids is 1. The lowest BCUT2D eigenvalue weighted by atomic mass is 9.86. The minimum Gasteiger partial charge on any atom is -0.468 e. The lowest BCUT2D eigenvalue weighted by Gasteiger charge is -2.30. The van der Waals surface area contributed by atoms with E-state index in [0.717, 1.165) is 17.7 Å². The van der Waals surface area contributed by atoms with E-state index in [-0.39, 0.29) is 12.0 Å². The van der Waals surface area contributed by atoms with Gasteiger partial charge in [-0.2, -0.15) is 10.1 Å². The van der Waals surface area contributed by atoms with Crippen LogP contribution in [0.15, 0.2) is 35.8 Å². The van der Waals surface area contributed by atoms with Gasteiger partial charge in [0.05, 0.1) is 13.2 Å². The second kappa shape index (κ2) is 6.05. The van der Waals surface area contributed by atoms with Crippen LogP contribution < -0.4 is 0 Å². The molecule has 0 spiro atoms. The number of methoxy groups -OCH3 is 1. The van der Waals surface area contributed by atoms with Gasteiger partial charge in [0, 0.05) is 18.1 Å².